The third-order valence-electron chi connectivity index (χ3n) is 6.07. The molecule has 1 aromatic heterocycles. The molecule has 3 aromatic carbocycles. The summed E-state index contributed by atoms with van der Waals surface area (Å²) in [6.45, 7) is 0.111. The van der Waals surface area contributed by atoms with E-state index < -0.39 is 28.4 Å². The van der Waals surface area contributed by atoms with Gasteiger partial charge in [0.05, 0.1) is 25.6 Å². The minimum absolute atomic E-state index is 0.111. The number of methoxy groups -OCH3 is 2. The minimum Gasteiger partial charge on any atom is -0.493 e. The van der Waals surface area contributed by atoms with Crippen LogP contribution < -0.4 is 35.5 Å². The third kappa shape index (κ3) is 9.68. The lowest BCUT2D eigenvalue weighted by molar-refractivity contribution is -0.192. The molecule has 4 rings (SSSR count). The summed E-state index contributed by atoms with van der Waals surface area (Å²) in [4.78, 5) is 26.6. The van der Waals surface area contributed by atoms with Crippen molar-refractivity contribution >= 4 is 44.2 Å². The number of nitrogens with zero attached hydrogens (tertiary/aromatic N) is 2. The molecule has 0 saturated carbocycles. The molecule has 0 radical (unpaired) electrons. The van der Waals surface area contributed by atoms with Crippen LogP contribution in [-0.4, -0.2) is 50.8 Å². The van der Waals surface area contributed by atoms with E-state index >= 15 is 0 Å². The molecular weight excluding hydrogens is 621 g/mol. The van der Waals surface area contributed by atoms with E-state index in [1.54, 1.807) is 54.9 Å². The molecule has 1 amide bonds. The summed E-state index contributed by atoms with van der Waals surface area (Å²) < 4.78 is 67.5. The van der Waals surface area contributed by atoms with Crippen LogP contribution >= 0.6 is 0 Å². The maximum atomic E-state index is 13.6. The van der Waals surface area contributed by atoms with Crippen LogP contribution in [0.5, 0.6) is 11.5 Å². The summed E-state index contributed by atoms with van der Waals surface area (Å²) in [6.07, 6.45) is -1.65. The number of alkyl halides is 3. The second-order valence-corrected chi connectivity index (χ2v) is 10.5. The molecule has 0 aliphatic heterocycles. The highest BCUT2D eigenvalue weighted by Gasteiger charge is 2.38. The zero-order valence-electron chi connectivity index (χ0n) is 23.8. The van der Waals surface area contributed by atoms with E-state index in [2.05, 4.69) is 15.0 Å². The lowest BCUT2D eigenvalue weighted by Crippen LogP contribution is -2.44. The lowest BCUT2D eigenvalue weighted by Gasteiger charge is -2.29. The van der Waals surface area contributed by atoms with E-state index in [0.29, 0.717) is 28.3 Å². The molecule has 4 aromatic rings. The quantitative estimate of drug-likeness (QED) is 0.125. The van der Waals surface area contributed by atoms with E-state index in [1.807, 2.05) is 24.3 Å². The number of halogens is 3. The highest BCUT2D eigenvalue weighted by Crippen LogP contribution is 2.33. The van der Waals surface area contributed by atoms with Gasteiger partial charge in [-0.1, -0.05) is 24.3 Å². The van der Waals surface area contributed by atoms with Crippen molar-refractivity contribution in [2.24, 2.45) is 11.0 Å². The van der Waals surface area contributed by atoms with Crippen LogP contribution in [0.25, 0.3) is 10.8 Å². The molecule has 0 spiro atoms. The van der Waals surface area contributed by atoms with E-state index in [9.17, 15) is 26.4 Å². The van der Waals surface area contributed by atoms with Crippen molar-refractivity contribution in [3.8, 4) is 11.5 Å². The Bertz CT molecular complexity index is 1770. The Morgan fingerprint density at radius 1 is 1.00 bits per heavy atom. The first-order valence-corrected chi connectivity index (χ1v) is 14.2. The van der Waals surface area contributed by atoms with Crippen molar-refractivity contribution in [3.63, 3.8) is 0 Å². The summed E-state index contributed by atoms with van der Waals surface area (Å²) in [6, 6.07) is 18.2. The Kier molecular flexibility index (Phi) is 11.1. The number of carbonyl (C=O) groups is 2. The topological polar surface area (TPSA) is 199 Å². The van der Waals surface area contributed by atoms with Gasteiger partial charge in [0.1, 0.15) is 6.04 Å². The number of carboxylic acid groups (broad SMARTS) is 1. The summed E-state index contributed by atoms with van der Waals surface area (Å²) in [5, 5.41) is 18.3. The van der Waals surface area contributed by atoms with Crippen molar-refractivity contribution in [3.05, 3.63) is 90.3 Å². The van der Waals surface area contributed by atoms with Crippen LogP contribution in [0.3, 0.4) is 0 Å². The molecule has 7 N–H and O–H groups in total. The predicted octanol–water partition coefficient (Wildman–Crippen LogP) is 3.24. The van der Waals surface area contributed by atoms with E-state index in [-0.39, 0.29) is 18.1 Å². The van der Waals surface area contributed by atoms with Crippen LogP contribution in [0.2, 0.25) is 0 Å². The fourth-order valence-corrected chi connectivity index (χ4v) is 4.49. The Balaban J connectivity index is 0.000000707. The zero-order valence-corrected chi connectivity index (χ0v) is 24.6. The molecule has 0 saturated heterocycles. The number of rotatable bonds is 10. The predicted molar refractivity (Wildman–Crippen MR) is 159 cm³/mol. The normalized spacial score (nSPS) is 11.9. The van der Waals surface area contributed by atoms with Gasteiger partial charge in [0.25, 0.3) is 10.2 Å². The van der Waals surface area contributed by atoms with Gasteiger partial charge in [-0.15, -0.1) is 0 Å². The first kappa shape index (κ1) is 34.4. The summed E-state index contributed by atoms with van der Waals surface area (Å²) in [5.41, 5.74) is 2.11. The molecule has 45 heavy (non-hydrogen) atoms. The van der Waals surface area contributed by atoms with Crippen molar-refractivity contribution in [1.82, 2.24) is 10.3 Å². The second kappa shape index (κ2) is 14.6. The highest BCUT2D eigenvalue weighted by atomic mass is 32.2. The van der Waals surface area contributed by atoms with Gasteiger partial charge in [-0.3, -0.25) is 19.5 Å². The SMILES string of the molecule is COc1ccc(C(C(=O)NCc2cccc(NS(N)(=O)=O)c2)N(N)c2ccc3cnccc3c2)cc1OC.O=C(O)C(F)(F)F. The molecule has 0 aliphatic carbocycles. The number of amides is 1. The van der Waals surface area contributed by atoms with Crippen LogP contribution in [0.1, 0.15) is 17.2 Å². The van der Waals surface area contributed by atoms with Gasteiger partial charge in [0.15, 0.2) is 11.5 Å². The Morgan fingerprint density at radius 2 is 1.69 bits per heavy atom. The number of anilines is 2. The monoisotopic (exact) mass is 650 g/mol. The number of carboxylic acids is 1. The van der Waals surface area contributed by atoms with Gasteiger partial charge >= 0.3 is 12.1 Å². The molecule has 13 nitrogen and oxygen atoms in total. The third-order valence-corrected chi connectivity index (χ3v) is 6.59. The second-order valence-electron chi connectivity index (χ2n) is 9.20. The summed E-state index contributed by atoms with van der Waals surface area (Å²) >= 11 is 0. The smallest absolute Gasteiger partial charge is 0.490 e. The van der Waals surface area contributed by atoms with Gasteiger partial charge in [-0.05, 0) is 59.0 Å². The Hall–Kier alpha value is -5.13. The van der Waals surface area contributed by atoms with Crippen LogP contribution in [-0.2, 0) is 26.3 Å². The standard InChI is InChI=1S/C26H28N6O5S.C2HF3O2/c1-36-23-9-7-19(14-24(23)37-2)25(32(27)22-8-6-20-16-29-11-10-18(20)13-22)26(33)30-15-17-4-3-5-21(12-17)31-38(28,34)35;3-2(4,5)1(6)7/h3-14,16,25,31H,15,27H2,1-2H3,(H,30,33)(H2,28,34,35);(H,6,7). The molecule has 1 heterocycles. The molecule has 17 heteroatoms. The van der Waals surface area contributed by atoms with Gasteiger partial charge in [0, 0.05) is 24.3 Å². The molecule has 1 atom stereocenters. The van der Waals surface area contributed by atoms with E-state index in [1.165, 1.54) is 19.2 Å². The average molecular weight is 651 g/mol. The summed E-state index contributed by atoms with van der Waals surface area (Å²) in [5.74, 6) is 4.39. The van der Waals surface area contributed by atoms with E-state index in [0.717, 1.165) is 10.8 Å². The number of hydrogen-bond acceptors (Lipinski definition) is 9. The van der Waals surface area contributed by atoms with Crippen LogP contribution in [0.15, 0.2) is 79.1 Å². The Morgan fingerprint density at radius 3 is 2.31 bits per heavy atom. The number of ether oxygens (including phenoxy) is 2. The number of nitrogens with one attached hydrogen (secondary N) is 2. The molecule has 240 valence electrons. The van der Waals surface area contributed by atoms with Crippen LogP contribution in [0, 0.1) is 0 Å². The average Bonchev–Trinajstić information content (AvgIpc) is 2.99. The number of fused-ring (bicyclic) bond motifs is 1. The van der Waals surface area contributed by atoms with E-state index in [4.69, 9.17) is 30.4 Å². The maximum Gasteiger partial charge on any atom is 0.490 e. The first-order valence-electron chi connectivity index (χ1n) is 12.7. The zero-order chi connectivity index (χ0) is 33.4. The number of aliphatic carboxylic acids is 1. The molecule has 0 bridgehead atoms. The minimum atomic E-state index is -5.08. The Labute approximate surface area is 255 Å². The van der Waals surface area contributed by atoms with Gasteiger partial charge in [0.2, 0.25) is 5.91 Å². The van der Waals surface area contributed by atoms with Gasteiger partial charge in [-0.2, -0.15) is 21.6 Å². The lowest BCUT2D eigenvalue weighted by atomic mass is 10.0. The van der Waals surface area contributed by atoms with Gasteiger partial charge < -0.3 is 19.9 Å². The number of pyridine rings is 1. The molecule has 1 unspecified atom stereocenters. The number of aromatic nitrogens is 1. The van der Waals surface area contributed by atoms with Crippen molar-refractivity contribution in [2.75, 3.05) is 24.0 Å². The molecule has 0 aliphatic rings. The van der Waals surface area contributed by atoms with Crippen molar-refractivity contribution in [2.45, 2.75) is 18.8 Å². The van der Waals surface area contributed by atoms with Crippen molar-refractivity contribution < 1.29 is 45.8 Å². The number of carbonyl (C=O) groups excluding carboxylic acids is 1. The first-order chi connectivity index (χ1) is 21.1. The largest absolute Gasteiger partial charge is 0.493 e. The molecule has 0 fully saturated rings. The van der Waals surface area contributed by atoms with Crippen molar-refractivity contribution in [1.29, 1.82) is 0 Å². The number of nitrogens with two attached hydrogens (primary N) is 2. The van der Waals surface area contributed by atoms with Gasteiger partial charge in [-0.25, -0.2) is 15.8 Å². The maximum absolute atomic E-state index is 13.6. The summed E-state index contributed by atoms with van der Waals surface area (Å²) in [7, 11) is -0.893. The fraction of sp³-hybridized carbons (Fsp3) is 0.179. The highest BCUT2D eigenvalue weighted by molar-refractivity contribution is 7.90. The van der Waals surface area contributed by atoms with Crippen LogP contribution in [0.4, 0.5) is 24.5 Å². The fourth-order valence-electron chi connectivity index (χ4n) is 4.04. The number of benzene rings is 3. The number of hydrogen-bond donors (Lipinski definition) is 5. The number of hydrazine groups is 1. The molecular formula is C28H29F3N6O7S.